The van der Waals surface area contributed by atoms with E-state index in [-0.39, 0.29) is 18.1 Å². The lowest BCUT2D eigenvalue weighted by Gasteiger charge is -2.36. The highest BCUT2D eigenvalue weighted by Crippen LogP contribution is 2.30. The van der Waals surface area contributed by atoms with Gasteiger partial charge >= 0.3 is 6.03 Å². The summed E-state index contributed by atoms with van der Waals surface area (Å²) in [7, 11) is 1.88. The van der Waals surface area contributed by atoms with E-state index < -0.39 is 0 Å². The van der Waals surface area contributed by atoms with Crippen LogP contribution in [0.2, 0.25) is 0 Å². The summed E-state index contributed by atoms with van der Waals surface area (Å²) in [5.74, 6) is 2.52. The van der Waals surface area contributed by atoms with E-state index in [4.69, 9.17) is 9.97 Å². The molecule has 1 aromatic carbocycles. The van der Waals surface area contributed by atoms with Gasteiger partial charge in [0, 0.05) is 62.3 Å². The van der Waals surface area contributed by atoms with Crippen LogP contribution in [0.5, 0.6) is 0 Å². The maximum absolute atomic E-state index is 13.7. The van der Waals surface area contributed by atoms with Gasteiger partial charge in [-0.25, -0.2) is 14.8 Å². The Hall–Kier alpha value is -5.84. The van der Waals surface area contributed by atoms with Crippen molar-refractivity contribution < 1.29 is 4.79 Å². The number of rotatable bonds is 8. The van der Waals surface area contributed by atoms with E-state index in [1.807, 2.05) is 65.2 Å². The van der Waals surface area contributed by atoms with Crippen LogP contribution in [0, 0.1) is 11.3 Å². The van der Waals surface area contributed by atoms with Crippen molar-refractivity contribution in [1.29, 1.82) is 5.26 Å². The molecule has 0 saturated heterocycles. The second kappa shape index (κ2) is 13.3. The lowest BCUT2D eigenvalue weighted by atomic mass is 9.90. The fraction of sp³-hybridized carbons (Fsp3) is 0.333. The first-order valence-electron chi connectivity index (χ1n) is 15.8. The summed E-state index contributed by atoms with van der Waals surface area (Å²) in [5, 5.41) is 28.8. The van der Waals surface area contributed by atoms with Crippen LogP contribution < -0.4 is 20.4 Å². The molecule has 5 aromatic rings. The summed E-state index contributed by atoms with van der Waals surface area (Å²) in [6.45, 7) is 2.37. The van der Waals surface area contributed by atoms with Crippen molar-refractivity contribution in [2.24, 2.45) is 7.05 Å². The van der Waals surface area contributed by atoms with E-state index in [9.17, 15) is 10.1 Å². The van der Waals surface area contributed by atoms with Gasteiger partial charge in [0.1, 0.15) is 23.8 Å². The van der Waals surface area contributed by atoms with E-state index in [1.165, 1.54) is 0 Å². The van der Waals surface area contributed by atoms with Crippen molar-refractivity contribution in [2.45, 2.75) is 57.4 Å². The standard InChI is InChI=1S/C33H35N13O/c1-43-20-26(19-39-43)24-7-12-29(35-17-24)46(33(47)37-16-23-5-3-2-4-6-23)28-10-8-27(9-11-28)40-32-36-18-25(15-34)31(41-32)44-13-14-45-22-38-42-30(45)21-44/h2-7,12,17-20,22,27-28H,8-11,13-14,16,21H2,1H3,(H,37,47)(H,36,40,41)/t27-,28-. The largest absolute Gasteiger partial charge is 0.351 e. The number of fused-ring (bicyclic) bond motifs is 1. The number of nitriles is 1. The molecule has 1 aliphatic carbocycles. The Labute approximate surface area is 272 Å². The van der Waals surface area contributed by atoms with E-state index in [0.29, 0.717) is 42.8 Å². The lowest BCUT2D eigenvalue weighted by molar-refractivity contribution is 0.240. The normalized spacial score (nSPS) is 17.4. The zero-order valence-corrected chi connectivity index (χ0v) is 26.1. The molecule has 1 saturated carbocycles. The number of hydrogen-bond donors (Lipinski definition) is 2. The first-order valence-corrected chi connectivity index (χ1v) is 15.8. The number of benzene rings is 1. The monoisotopic (exact) mass is 629 g/mol. The third kappa shape index (κ3) is 6.60. The molecule has 1 aliphatic heterocycles. The summed E-state index contributed by atoms with van der Waals surface area (Å²) in [6, 6.07) is 15.9. The summed E-state index contributed by atoms with van der Waals surface area (Å²) in [5.41, 5.74) is 3.36. The van der Waals surface area contributed by atoms with Gasteiger partial charge in [0.05, 0.1) is 18.9 Å². The van der Waals surface area contributed by atoms with Gasteiger partial charge in [-0.1, -0.05) is 30.3 Å². The number of aryl methyl sites for hydroxylation is 1. The van der Waals surface area contributed by atoms with Crippen LogP contribution >= 0.6 is 0 Å². The summed E-state index contributed by atoms with van der Waals surface area (Å²) < 4.78 is 3.77. The third-order valence-electron chi connectivity index (χ3n) is 8.76. The van der Waals surface area contributed by atoms with Gasteiger partial charge in [-0.3, -0.25) is 9.58 Å². The Kier molecular flexibility index (Phi) is 8.42. The average Bonchev–Trinajstić information content (AvgIpc) is 3.77. The number of nitrogens with one attached hydrogen (secondary N) is 2. The summed E-state index contributed by atoms with van der Waals surface area (Å²) in [6.07, 6.45) is 12.0. The number of carbonyl (C=O) groups excluding carboxylic acids is 1. The van der Waals surface area contributed by atoms with Crippen molar-refractivity contribution in [3.63, 3.8) is 0 Å². The van der Waals surface area contributed by atoms with E-state index in [0.717, 1.165) is 54.7 Å². The zero-order chi connectivity index (χ0) is 32.2. The van der Waals surface area contributed by atoms with Crippen LogP contribution in [0.25, 0.3) is 11.1 Å². The number of urea groups is 1. The van der Waals surface area contributed by atoms with Crippen LogP contribution in [-0.4, -0.2) is 64.2 Å². The number of amides is 2. The van der Waals surface area contributed by atoms with Crippen LogP contribution in [0.4, 0.5) is 22.4 Å². The molecule has 14 heteroatoms. The Morgan fingerprint density at radius 1 is 1.02 bits per heavy atom. The van der Waals surface area contributed by atoms with Gasteiger partial charge in [-0.05, 0) is 43.4 Å². The molecule has 2 amide bonds. The molecule has 2 aliphatic rings. The molecule has 1 fully saturated rings. The fourth-order valence-corrected chi connectivity index (χ4v) is 6.26. The molecule has 14 nitrogen and oxygen atoms in total. The fourth-order valence-electron chi connectivity index (χ4n) is 6.26. The molecule has 7 rings (SSSR count). The SMILES string of the molecule is Cn1cc(-c2ccc(N(C(=O)NCc3ccccc3)[C@H]3CC[C@H](Nc4ncc(C#N)c(N5CCn6cnnc6C5)n4)CC3)nc2)cn1. The molecule has 5 heterocycles. The minimum Gasteiger partial charge on any atom is -0.351 e. The van der Waals surface area contributed by atoms with E-state index >= 15 is 0 Å². The predicted molar refractivity (Wildman–Crippen MR) is 175 cm³/mol. The summed E-state index contributed by atoms with van der Waals surface area (Å²) >= 11 is 0. The minimum absolute atomic E-state index is 0.0382. The average molecular weight is 630 g/mol. The molecule has 4 aromatic heterocycles. The molecule has 0 spiro atoms. The Balaban J connectivity index is 1.04. The lowest BCUT2D eigenvalue weighted by Crippen LogP contribution is -2.49. The quantitative estimate of drug-likeness (QED) is 0.258. The van der Waals surface area contributed by atoms with Crippen LogP contribution in [0.15, 0.2) is 73.6 Å². The Morgan fingerprint density at radius 2 is 1.87 bits per heavy atom. The first-order chi connectivity index (χ1) is 23.0. The van der Waals surface area contributed by atoms with Crippen LogP contribution in [0.1, 0.15) is 42.6 Å². The highest BCUT2D eigenvalue weighted by molar-refractivity contribution is 5.91. The van der Waals surface area contributed by atoms with Crippen molar-refractivity contribution >= 4 is 23.6 Å². The molecule has 0 bridgehead atoms. The predicted octanol–water partition coefficient (Wildman–Crippen LogP) is 3.89. The number of pyridine rings is 1. The van der Waals surface area contributed by atoms with Gasteiger partial charge in [0.15, 0.2) is 11.6 Å². The number of aromatic nitrogens is 8. The van der Waals surface area contributed by atoms with E-state index in [1.54, 1.807) is 34.5 Å². The molecule has 0 unspecified atom stereocenters. The maximum atomic E-state index is 13.7. The van der Waals surface area contributed by atoms with Gasteiger partial charge < -0.3 is 20.1 Å². The molecule has 0 atom stereocenters. The number of carbonyl (C=O) groups is 1. The zero-order valence-electron chi connectivity index (χ0n) is 26.1. The highest BCUT2D eigenvalue weighted by Gasteiger charge is 2.31. The van der Waals surface area contributed by atoms with Crippen molar-refractivity contribution in [3.8, 4) is 17.2 Å². The first kappa shape index (κ1) is 29.8. The summed E-state index contributed by atoms with van der Waals surface area (Å²) in [4.78, 5) is 31.6. The van der Waals surface area contributed by atoms with Gasteiger partial charge in [-0.2, -0.15) is 15.3 Å². The van der Waals surface area contributed by atoms with Crippen molar-refractivity contribution in [3.05, 3.63) is 90.5 Å². The van der Waals surface area contributed by atoms with Gasteiger partial charge in [0.25, 0.3) is 0 Å². The van der Waals surface area contributed by atoms with Crippen LogP contribution in [-0.2, 0) is 26.7 Å². The molecular weight excluding hydrogens is 594 g/mol. The smallest absolute Gasteiger partial charge is 0.323 e. The minimum atomic E-state index is -0.177. The molecule has 238 valence electrons. The second-order valence-corrected chi connectivity index (χ2v) is 11.9. The number of anilines is 3. The van der Waals surface area contributed by atoms with Gasteiger partial charge in [0.2, 0.25) is 5.95 Å². The van der Waals surface area contributed by atoms with Crippen molar-refractivity contribution in [2.75, 3.05) is 21.7 Å². The second-order valence-electron chi connectivity index (χ2n) is 11.9. The Bertz CT molecular complexity index is 1870. The molecule has 0 radical (unpaired) electrons. The maximum Gasteiger partial charge on any atom is 0.323 e. The molecular formula is C33H35N13O. The highest BCUT2D eigenvalue weighted by atomic mass is 16.2. The topological polar surface area (TPSA) is 159 Å². The van der Waals surface area contributed by atoms with Gasteiger partial charge in [-0.15, -0.1) is 10.2 Å². The molecule has 2 N–H and O–H groups in total. The molecule has 47 heavy (non-hydrogen) atoms. The Morgan fingerprint density at radius 3 is 2.62 bits per heavy atom. The number of nitrogens with zero attached hydrogens (tertiary/aromatic N) is 11. The van der Waals surface area contributed by atoms with E-state index in [2.05, 4.69) is 37.0 Å². The van der Waals surface area contributed by atoms with Crippen LogP contribution in [0.3, 0.4) is 0 Å². The third-order valence-corrected chi connectivity index (χ3v) is 8.76. The van der Waals surface area contributed by atoms with Crippen molar-refractivity contribution in [1.82, 2.24) is 44.8 Å². The number of hydrogen-bond acceptors (Lipinski definition) is 10.